The summed E-state index contributed by atoms with van der Waals surface area (Å²) in [7, 11) is 0. The lowest BCUT2D eigenvalue weighted by Gasteiger charge is -2.33. The molecule has 1 atom stereocenters. The van der Waals surface area contributed by atoms with Gasteiger partial charge in [0, 0.05) is 11.7 Å². The zero-order valence-corrected chi connectivity index (χ0v) is 13.2. The fourth-order valence-electron chi connectivity index (χ4n) is 3.14. The number of likely N-dealkylation sites (tertiary alicyclic amines) is 1. The smallest absolute Gasteiger partial charge is 0.238 e. The van der Waals surface area contributed by atoms with Gasteiger partial charge < -0.3 is 10.4 Å². The lowest BCUT2D eigenvalue weighted by atomic mass is 9.97. The number of carbonyl (C=O) groups is 1. The third-order valence-corrected chi connectivity index (χ3v) is 4.20. The minimum absolute atomic E-state index is 0.00736. The predicted molar refractivity (Wildman–Crippen MR) is 85.3 cm³/mol. The van der Waals surface area contributed by atoms with Gasteiger partial charge in [-0.15, -0.1) is 0 Å². The normalized spacial score (nSPS) is 19.7. The van der Waals surface area contributed by atoms with Crippen molar-refractivity contribution in [2.24, 2.45) is 0 Å². The molecule has 1 aliphatic rings. The number of rotatable bonds is 5. The lowest BCUT2D eigenvalue weighted by Crippen LogP contribution is -2.48. The summed E-state index contributed by atoms with van der Waals surface area (Å²) in [6.07, 6.45) is 2.88. The van der Waals surface area contributed by atoms with Crippen LogP contribution in [0.15, 0.2) is 24.3 Å². The number of aliphatic hydroxyl groups is 1. The molecular formula is C17H26N2O2. The van der Waals surface area contributed by atoms with Gasteiger partial charge >= 0.3 is 0 Å². The van der Waals surface area contributed by atoms with Crippen LogP contribution < -0.4 is 5.32 Å². The van der Waals surface area contributed by atoms with Crippen molar-refractivity contribution in [1.29, 1.82) is 0 Å². The van der Waals surface area contributed by atoms with Crippen LogP contribution in [0, 0.1) is 0 Å². The molecule has 1 aliphatic heterocycles. The largest absolute Gasteiger partial charge is 0.389 e. The first-order chi connectivity index (χ1) is 9.91. The first-order valence-electron chi connectivity index (χ1n) is 7.76. The third-order valence-electron chi connectivity index (χ3n) is 4.20. The van der Waals surface area contributed by atoms with Gasteiger partial charge in [0.05, 0.1) is 12.1 Å². The van der Waals surface area contributed by atoms with E-state index in [1.165, 1.54) is 0 Å². The van der Waals surface area contributed by atoms with E-state index >= 15 is 0 Å². The molecule has 2 rings (SSSR count). The third kappa shape index (κ3) is 4.05. The molecule has 21 heavy (non-hydrogen) atoms. The van der Waals surface area contributed by atoms with Gasteiger partial charge in [-0.05, 0) is 51.3 Å². The first-order valence-corrected chi connectivity index (χ1v) is 7.76. The SMILES string of the molecule is CCc1ccccc1NC(=O)CN1CCCC1C(C)(C)O. The number of benzene rings is 1. The van der Waals surface area contributed by atoms with Crippen molar-refractivity contribution in [3.05, 3.63) is 29.8 Å². The average Bonchev–Trinajstić information content (AvgIpc) is 2.87. The summed E-state index contributed by atoms with van der Waals surface area (Å²) in [5.74, 6) is -0.00736. The van der Waals surface area contributed by atoms with E-state index in [9.17, 15) is 9.90 Å². The number of carbonyl (C=O) groups excluding carboxylic acids is 1. The van der Waals surface area contributed by atoms with Crippen LogP contribution in [0.2, 0.25) is 0 Å². The maximum atomic E-state index is 12.3. The molecule has 1 amide bonds. The van der Waals surface area contributed by atoms with Gasteiger partial charge in [0.15, 0.2) is 0 Å². The molecule has 1 fully saturated rings. The molecule has 1 saturated heterocycles. The number of nitrogens with one attached hydrogen (secondary N) is 1. The molecule has 4 nitrogen and oxygen atoms in total. The Morgan fingerprint density at radius 1 is 1.43 bits per heavy atom. The fraction of sp³-hybridized carbons (Fsp3) is 0.588. The minimum Gasteiger partial charge on any atom is -0.389 e. The first kappa shape index (κ1) is 16.0. The Labute approximate surface area is 127 Å². The van der Waals surface area contributed by atoms with E-state index in [1.807, 2.05) is 38.1 Å². The van der Waals surface area contributed by atoms with Crippen molar-refractivity contribution in [3.8, 4) is 0 Å². The van der Waals surface area contributed by atoms with Crippen LogP contribution in [0.5, 0.6) is 0 Å². The van der Waals surface area contributed by atoms with Crippen molar-refractivity contribution < 1.29 is 9.90 Å². The highest BCUT2D eigenvalue weighted by Crippen LogP contribution is 2.26. The Morgan fingerprint density at radius 3 is 2.81 bits per heavy atom. The molecule has 1 aromatic rings. The summed E-state index contributed by atoms with van der Waals surface area (Å²) >= 11 is 0. The molecule has 116 valence electrons. The number of para-hydroxylation sites is 1. The number of hydrogen-bond acceptors (Lipinski definition) is 3. The molecule has 0 spiro atoms. The van der Waals surface area contributed by atoms with Crippen LogP contribution in [0.4, 0.5) is 5.69 Å². The predicted octanol–water partition coefficient (Wildman–Crippen LogP) is 2.42. The monoisotopic (exact) mass is 290 g/mol. The molecule has 1 heterocycles. The van der Waals surface area contributed by atoms with Crippen molar-refractivity contribution in [2.45, 2.75) is 51.7 Å². The van der Waals surface area contributed by atoms with Crippen molar-refractivity contribution >= 4 is 11.6 Å². The number of hydrogen-bond donors (Lipinski definition) is 2. The van der Waals surface area contributed by atoms with E-state index in [1.54, 1.807) is 0 Å². The van der Waals surface area contributed by atoms with Crippen LogP contribution in [0.1, 0.15) is 39.2 Å². The van der Waals surface area contributed by atoms with Gasteiger partial charge in [0.2, 0.25) is 5.91 Å². The second-order valence-electron chi connectivity index (χ2n) is 6.34. The summed E-state index contributed by atoms with van der Waals surface area (Å²) in [5.41, 5.74) is 1.27. The molecule has 1 aromatic carbocycles. The molecular weight excluding hydrogens is 264 g/mol. The van der Waals surface area contributed by atoms with Gasteiger partial charge in [-0.2, -0.15) is 0 Å². The van der Waals surface area contributed by atoms with Crippen molar-refractivity contribution in [2.75, 3.05) is 18.4 Å². The van der Waals surface area contributed by atoms with Crippen molar-refractivity contribution in [3.63, 3.8) is 0 Å². The van der Waals surface area contributed by atoms with E-state index in [2.05, 4.69) is 17.1 Å². The molecule has 0 saturated carbocycles. The number of anilines is 1. The van der Waals surface area contributed by atoms with Gasteiger partial charge in [0.25, 0.3) is 0 Å². The van der Waals surface area contributed by atoms with Gasteiger partial charge in [-0.3, -0.25) is 9.69 Å². The fourth-order valence-corrected chi connectivity index (χ4v) is 3.14. The summed E-state index contributed by atoms with van der Waals surface area (Å²) in [6.45, 7) is 6.93. The Hall–Kier alpha value is -1.39. The molecule has 4 heteroatoms. The summed E-state index contributed by atoms with van der Waals surface area (Å²) in [4.78, 5) is 14.4. The standard InChI is InChI=1S/C17H26N2O2/c1-4-13-8-5-6-9-14(13)18-16(20)12-19-11-7-10-15(19)17(2,3)21/h5-6,8-9,15,21H,4,7,10-12H2,1-3H3,(H,18,20). The summed E-state index contributed by atoms with van der Waals surface area (Å²) in [6, 6.07) is 7.95. The Morgan fingerprint density at radius 2 is 2.14 bits per heavy atom. The molecule has 0 radical (unpaired) electrons. The van der Waals surface area contributed by atoms with Crippen LogP contribution in [-0.4, -0.2) is 40.6 Å². The summed E-state index contributed by atoms with van der Waals surface area (Å²) < 4.78 is 0. The average molecular weight is 290 g/mol. The highest BCUT2D eigenvalue weighted by molar-refractivity contribution is 5.93. The van der Waals surface area contributed by atoms with Gasteiger partial charge in [0.1, 0.15) is 0 Å². The zero-order chi connectivity index (χ0) is 15.5. The van der Waals surface area contributed by atoms with Gasteiger partial charge in [-0.1, -0.05) is 25.1 Å². The van der Waals surface area contributed by atoms with Crippen molar-refractivity contribution in [1.82, 2.24) is 4.90 Å². The van der Waals surface area contributed by atoms with E-state index in [0.717, 1.165) is 37.1 Å². The Balaban J connectivity index is 1.98. The van der Waals surface area contributed by atoms with E-state index in [0.29, 0.717) is 6.54 Å². The van der Waals surface area contributed by atoms with Crippen LogP contribution >= 0.6 is 0 Å². The van der Waals surface area contributed by atoms with E-state index in [-0.39, 0.29) is 11.9 Å². The molecule has 1 unspecified atom stereocenters. The Kier molecular flexibility index (Phi) is 5.01. The molecule has 0 aliphatic carbocycles. The lowest BCUT2D eigenvalue weighted by molar-refractivity contribution is -0.118. The van der Waals surface area contributed by atoms with Gasteiger partial charge in [-0.25, -0.2) is 0 Å². The molecule has 0 bridgehead atoms. The van der Waals surface area contributed by atoms with Crippen LogP contribution in [0.25, 0.3) is 0 Å². The topological polar surface area (TPSA) is 52.6 Å². The van der Waals surface area contributed by atoms with E-state index < -0.39 is 5.60 Å². The highest BCUT2D eigenvalue weighted by atomic mass is 16.3. The number of nitrogens with zero attached hydrogens (tertiary/aromatic N) is 1. The number of aryl methyl sites for hydroxylation is 1. The van der Waals surface area contributed by atoms with E-state index in [4.69, 9.17) is 0 Å². The maximum Gasteiger partial charge on any atom is 0.238 e. The van der Waals surface area contributed by atoms with Crippen LogP contribution in [-0.2, 0) is 11.2 Å². The minimum atomic E-state index is -0.766. The molecule has 2 N–H and O–H groups in total. The molecule has 0 aromatic heterocycles. The summed E-state index contributed by atoms with van der Waals surface area (Å²) in [5, 5.41) is 13.2. The quantitative estimate of drug-likeness (QED) is 0.875. The second-order valence-corrected chi connectivity index (χ2v) is 6.34. The number of amides is 1. The zero-order valence-electron chi connectivity index (χ0n) is 13.2. The highest BCUT2D eigenvalue weighted by Gasteiger charge is 2.36. The second kappa shape index (κ2) is 6.58. The van der Waals surface area contributed by atoms with Crippen LogP contribution in [0.3, 0.4) is 0 Å². The Bertz CT molecular complexity index is 494. The maximum absolute atomic E-state index is 12.3.